The van der Waals surface area contributed by atoms with E-state index < -0.39 is 48.6 Å². The van der Waals surface area contributed by atoms with Gasteiger partial charge in [-0.05, 0) is 86.3 Å². The van der Waals surface area contributed by atoms with Crippen molar-refractivity contribution < 1.29 is 48.7 Å². The first-order valence-corrected chi connectivity index (χ1v) is 26.6. The Bertz CT molecular complexity index is 2690. The fourth-order valence-corrected chi connectivity index (χ4v) is 13.4. The smallest absolute Gasteiger partial charge is 0.255 e. The summed E-state index contributed by atoms with van der Waals surface area (Å²) < 4.78 is 26.9. The van der Waals surface area contributed by atoms with E-state index in [-0.39, 0.29) is 24.8 Å². The highest BCUT2D eigenvalue weighted by Gasteiger charge is 2.58. The predicted octanol–water partition coefficient (Wildman–Crippen LogP) is 2.41. The molecule has 0 bridgehead atoms. The molecule has 0 radical (unpaired) electrons. The predicted molar refractivity (Wildman–Crippen MR) is 267 cm³/mol. The number of anilines is 2. The van der Waals surface area contributed by atoms with Crippen LogP contribution in [0.3, 0.4) is 0 Å². The third kappa shape index (κ3) is 8.35. The topological polar surface area (TPSA) is 208 Å². The molecule has 12 rings (SSSR count). The number of carbonyl (C=O) groups is 3. The van der Waals surface area contributed by atoms with Crippen molar-refractivity contribution in [1.82, 2.24) is 35.0 Å². The van der Waals surface area contributed by atoms with Gasteiger partial charge in [0.15, 0.2) is 6.23 Å². The lowest BCUT2D eigenvalue weighted by Gasteiger charge is -2.49. The summed E-state index contributed by atoms with van der Waals surface area (Å²) in [5.74, 6) is 1.49. The van der Waals surface area contributed by atoms with Gasteiger partial charge in [0.05, 0.1) is 51.3 Å². The first-order valence-electron chi connectivity index (χ1n) is 26.6. The summed E-state index contributed by atoms with van der Waals surface area (Å²) in [6.45, 7) is 9.40. The Balaban J connectivity index is 0.679. The molecule has 3 amide bonds. The Hall–Kier alpha value is -5.67. The number of piperazine rings is 1. The van der Waals surface area contributed by atoms with Crippen LogP contribution < -0.4 is 19.9 Å². The summed E-state index contributed by atoms with van der Waals surface area (Å²) in [7, 11) is 0. The SMILES string of the molecule is CC(=O)NC1C(O)C(O)C(CO)OC1n1cc(CN2CCN(C(=O)CCOCCOCCN3C(=O)c4ccccc4C34c3cc5c6c(c3Oc3c4cc4c7c3CCCN7CCC4)CCCN6CCC5)CC2)nn1. The molecule has 1 spiro atoms. The molecule has 8 aliphatic rings. The number of amides is 3. The molecule has 8 aliphatic heterocycles. The van der Waals surface area contributed by atoms with Gasteiger partial charge in [-0.1, -0.05) is 23.4 Å². The van der Waals surface area contributed by atoms with Gasteiger partial charge in [-0.3, -0.25) is 19.3 Å². The zero-order chi connectivity index (χ0) is 50.0. The van der Waals surface area contributed by atoms with Gasteiger partial charge < -0.3 is 59.2 Å². The highest BCUT2D eigenvalue weighted by Crippen LogP contribution is 2.62. The van der Waals surface area contributed by atoms with E-state index in [4.69, 9.17) is 18.9 Å². The van der Waals surface area contributed by atoms with Crippen molar-refractivity contribution in [3.05, 3.63) is 92.8 Å². The molecule has 0 aliphatic carbocycles. The van der Waals surface area contributed by atoms with Crippen LogP contribution in [0.5, 0.6) is 11.5 Å². The Kier molecular flexibility index (Phi) is 13.1. The molecular formula is C54H67N9O10. The Morgan fingerprint density at radius 1 is 0.795 bits per heavy atom. The van der Waals surface area contributed by atoms with Crippen LogP contribution in [0.2, 0.25) is 0 Å². The minimum absolute atomic E-state index is 0.00590. The third-order valence-corrected chi connectivity index (χ3v) is 16.6. The standard InChI is InChI=1S/C54H67N9O10/c1-33(65)55-45-49(68)48(67)43(32-64)72-53(45)63-31-36(56-57-63)30-58-19-21-59(22-20-58)44(66)14-24-70-26-27-71-25-23-62-52(69)37-10-2-3-13-40(37)54(62)41-28-34-8-4-15-60-17-6-11-38(46(34)60)50(41)73-51-39-12-7-18-61-16-5-9-35(47(39)61)29-42(51)54/h2-3,10,13,28-29,31,43,45,48-49,53,64,67-68H,4-9,11-12,14-27,30,32H2,1H3,(H,55,65). The molecule has 9 heterocycles. The van der Waals surface area contributed by atoms with Crippen molar-refractivity contribution in [2.75, 3.05) is 102 Å². The zero-order valence-corrected chi connectivity index (χ0v) is 41.7. The van der Waals surface area contributed by atoms with Gasteiger partial charge in [0.25, 0.3) is 5.91 Å². The number of aliphatic hydroxyl groups is 3. The van der Waals surface area contributed by atoms with E-state index >= 15 is 4.79 Å². The van der Waals surface area contributed by atoms with Gasteiger partial charge in [0, 0.05) is 112 Å². The molecule has 4 aromatic rings. The molecule has 2 fully saturated rings. The fraction of sp³-hybridized carbons (Fsp3) is 0.574. The number of aromatic nitrogens is 3. The lowest BCUT2D eigenvalue weighted by atomic mass is 9.70. The molecule has 5 atom stereocenters. The molecule has 0 saturated carbocycles. The molecule has 3 aromatic carbocycles. The highest BCUT2D eigenvalue weighted by molar-refractivity contribution is 6.03. The van der Waals surface area contributed by atoms with Gasteiger partial charge in [-0.15, -0.1) is 5.10 Å². The fourth-order valence-electron chi connectivity index (χ4n) is 13.4. The first kappa shape index (κ1) is 48.3. The molecular weight excluding hydrogens is 935 g/mol. The number of nitrogens with one attached hydrogen (secondary N) is 1. The maximum absolute atomic E-state index is 15.0. The number of rotatable bonds is 14. The van der Waals surface area contributed by atoms with Crippen molar-refractivity contribution >= 4 is 29.1 Å². The average Bonchev–Trinajstić information content (AvgIpc) is 3.97. The lowest BCUT2D eigenvalue weighted by molar-refractivity contribution is -0.219. The normalized spacial score (nSPS) is 24.7. The number of benzene rings is 3. The van der Waals surface area contributed by atoms with E-state index in [1.807, 2.05) is 17.0 Å². The van der Waals surface area contributed by atoms with Crippen LogP contribution in [-0.2, 0) is 61.6 Å². The second-order valence-corrected chi connectivity index (χ2v) is 21.0. The van der Waals surface area contributed by atoms with E-state index in [9.17, 15) is 24.9 Å². The van der Waals surface area contributed by atoms with Gasteiger partial charge in [-0.25, -0.2) is 4.68 Å². The number of nitrogens with zero attached hydrogens (tertiary/aromatic N) is 8. The lowest BCUT2D eigenvalue weighted by Crippen LogP contribution is -2.62. The van der Waals surface area contributed by atoms with E-state index in [2.05, 4.69) is 59.5 Å². The average molecular weight is 1000 g/mol. The maximum atomic E-state index is 15.0. The molecule has 4 N–H and O–H groups in total. The largest absolute Gasteiger partial charge is 0.456 e. The summed E-state index contributed by atoms with van der Waals surface area (Å²) >= 11 is 0. The minimum atomic E-state index is -1.40. The Morgan fingerprint density at radius 3 is 2.07 bits per heavy atom. The second-order valence-electron chi connectivity index (χ2n) is 21.0. The quantitative estimate of drug-likeness (QED) is 0.134. The highest BCUT2D eigenvalue weighted by atomic mass is 16.5. The van der Waals surface area contributed by atoms with Gasteiger partial charge in [-0.2, -0.15) is 0 Å². The summed E-state index contributed by atoms with van der Waals surface area (Å²) in [4.78, 5) is 51.5. The van der Waals surface area contributed by atoms with E-state index in [1.165, 1.54) is 45.2 Å². The number of hydrogen-bond acceptors (Lipinski definition) is 15. The van der Waals surface area contributed by atoms with Crippen LogP contribution in [0, 0.1) is 0 Å². The summed E-state index contributed by atoms with van der Waals surface area (Å²) in [5.41, 5.74) is 11.7. The van der Waals surface area contributed by atoms with Crippen molar-refractivity contribution in [1.29, 1.82) is 0 Å². The molecule has 73 heavy (non-hydrogen) atoms. The minimum Gasteiger partial charge on any atom is -0.456 e. The number of fused-ring (bicyclic) bond motifs is 8. The first-order chi connectivity index (χ1) is 35.6. The monoisotopic (exact) mass is 1000 g/mol. The van der Waals surface area contributed by atoms with Crippen molar-refractivity contribution in [2.45, 2.75) is 107 Å². The van der Waals surface area contributed by atoms with Crippen molar-refractivity contribution in [3.63, 3.8) is 0 Å². The van der Waals surface area contributed by atoms with E-state index in [0.717, 1.165) is 111 Å². The Morgan fingerprint density at radius 2 is 1.42 bits per heavy atom. The number of ether oxygens (including phenoxy) is 4. The molecule has 2 saturated heterocycles. The van der Waals surface area contributed by atoms with Crippen LogP contribution in [0.15, 0.2) is 42.6 Å². The van der Waals surface area contributed by atoms with Crippen molar-refractivity contribution in [2.24, 2.45) is 0 Å². The molecule has 5 unspecified atom stereocenters. The number of hydrogen-bond donors (Lipinski definition) is 4. The molecule has 388 valence electrons. The summed E-state index contributed by atoms with van der Waals surface area (Å²) in [6, 6.07) is 12.0. The maximum Gasteiger partial charge on any atom is 0.255 e. The van der Waals surface area contributed by atoms with Crippen molar-refractivity contribution in [3.8, 4) is 11.5 Å². The third-order valence-electron chi connectivity index (χ3n) is 16.6. The van der Waals surface area contributed by atoms with Gasteiger partial charge in [0.2, 0.25) is 11.8 Å². The van der Waals surface area contributed by atoms with Gasteiger partial charge >= 0.3 is 0 Å². The molecule has 19 heteroatoms. The Labute approximate surface area is 424 Å². The molecule has 19 nitrogen and oxygen atoms in total. The number of carbonyl (C=O) groups excluding carboxylic acids is 3. The van der Waals surface area contributed by atoms with Gasteiger partial charge in [0.1, 0.15) is 41.4 Å². The van der Waals surface area contributed by atoms with Crippen LogP contribution in [0.25, 0.3) is 0 Å². The van der Waals surface area contributed by atoms with E-state index in [0.29, 0.717) is 64.8 Å². The second kappa shape index (κ2) is 19.9. The molecule has 1 aromatic heterocycles. The van der Waals surface area contributed by atoms with Crippen LogP contribution >= 0.6 is 0 Å². The van der Waals surface area contributed by atoms with Crippen LogP contribution in [-0.4, -0.2) is 179 Å². The number of aryl methyl sites for hydroxylation is 2. The van der Waals surface area contributed by atoms with Crippen LogP contribution in [0.4, 0.5) is 11.4 Å². The summed E-state index contributed by atoms with van der Waals surface area (Å²) in [6.07, 6.45) is 5.31. The van der Waals surface area contributed by atoms with Crippen LogP contribution in [0.1, 0.15) is 100 Å². The van der Waals surface area contributed by atoms with E-state index in [1.54, 1.807) is 6.20 Å². The zero-order valence-electron chi connectivity index (χ0n) is 41.7. The number of aliphatic hydroxyl groups excluding tert-OH is 3. The summed E-state index contributed by atoms with van der Waals surface area (Å²) in [5, 5.41) is 41.9.